The number of hydrogen-bond acceptors (Lipinski definition) is 3. The molecule has 1 rings (SSSR count). The standard InChI is InChI=1S/C10H8BrNO2S/c11-8-2-1-3-9(7(8)6-12)15-5-4-10(13)14/h1-3H,4-5H2,(H,13,14). The van der Waals surface area contributed by atoms with Crippen LogP contribution in [-0.2, 0) is 4.79 Å². The molecule has 0 heterocycles. The molecule has 1 N–H and O–H groups in total. The molecule has 3 nitrogen and oxygen atoms in total. The fraction of sp³-hybridized carbons (Fsp3) is 0.200. The summed E-state index contributed by atoms with van der Waals surface area (Å²) < 4.78 is 0.741. The van der Waals surface area contributed by atoms with E-state index >= 15 is 0 Å². The van der Waals surface area contributed by atoms with Crippen LogP contribution in [0.5, 0.6) is 0 Å². The number of hydrogen-bond donors (Lipinski definition) is 1. The molecule has 0 aliphatic carbocycles. The predicted octanol–water partition coefficient (Wildman–Crippen LogP) is 2.89. The number of carbonyl (C=O) groups is 1. The van der Waals surface area contributed by atoms with Gasteiger partial charge in [0.25, 0.3) is 0 Å². The van der Waals surface area contributed by atoms with Gasteiger partial charge in [-0.1, -0.05) is 6.07 Å². The van der Waals surface area contributed by atoms with Gasteiger partial charge in [0.2, 0.25) is 0 Å². The molecule has 0 radical (unpaired) electrons. The smallest absolute Gasteiger partial charge is 0.304 e. The van der Waals surface area contributed by atoms with Crippen LogP contribution in [0.3, 0.4) is 0 Å². The number of halogens is 1. The Bertz CT molecular complexity index is 414. The van der Waals surface area contributed by atoms with Gasteiger partial charge in [-0.2, -0.15) is 5.26 Å². The van der Waals surface area contributed by atoms with Crippen LogP contribution in [0, 0.1) is 11.3 Å². The van der Waals surface area contributed by atoms with Gasteiger partial charge in [0.15, 0.2) is 0 Å². The highest BCUT2D eigenvalue weighted by molar-refractivity contribution is 9.10. The zero-order chi connectivity index (χ0) is 11.3. The summed E-state index contributed by atoms with van der Waals surface area (Å²) in [6, 6.07) is 7.52. The first-order valence-electron chi connectivity index (χ1n) is 4.18. The van der Waals surface area contributed by atoms with Crippen molar-refractivity contribution in [2.24, 2.45) is 0 Å². The Labute approximate surface area is 100 Å². The summed E-state index contributed by atoms with van der Waals surface area (Å²) in [6.07, 6.45) is 0.0993. The van der Waals surface area contributed by atoms with E-state index in [9.17, 15) is 4.79 Å². The van der Waals surface area contributed by atoms with E-state index in [2.05, 4.69) is 22.0 Å². The van der Waals surface area contributed by atoms with Crippen molar-refractivity contribution in [3.63, 3.8) is 0 Å². The Balaban J connectivity index is 2.73. The van der Waals surface area contributed by atoms with Crippen molar-refractivity contribution in [2.75, 3.05) is 5.75 Å². The van der Waals surface area contributed by atoms with Gasteiger partial charge in [0.05, 0.1) is 12.0 Å². The Hall–Kier alpha value is -0.990. The molecule has 0 aliphatic rings. The van der Waals surface area contributed by atoms with Crippen molar-refractivity contribution in [2.45, 2.75) is 11.3 Å². The van der Waals surface area contributed by atoms with Crippen molar-refractivity contribution in [1.29, 1.82) is 5.26 Å². The lowest BCUT2D eigenvalue weighted by Gasteiger charge is -2.03. The van der Waals surface area contributed by atoms with E-state index in [4.69, 9.17) is 10.4 Å². The average molecular weight is 286 g/mol. The highest BCUT2D eigenvalue weighted by Gasteiger charge is 2.06. The van der Waals surface area contributed by atoms with E-state index in [1.807, 2.05) is 12.1 Å². The minimum Gasteiger partial charge on any atom is -0.481 e. The number of nitrogens with zero attached hydrogens (tertiary/aromatic N) is 1. The molecule has 0 saturated heterocycles. The van der Waals surface area contributed by atoms with Crippen LogP contribution < -0.4 is 0 Å². The molecule has 1 aromatic carbocycles. The normalized spacial score (nSPS) is 9.60. The maximum absolute atomic E-state index is 10.3. The van der Waals surface area contributed by atoms with Crippen LogP contribution in [0.4, 0.5) is 0 Å². The lowest BCUT2D eigenvalue weighted by molar-refractivity contribution is -0.136. The van der Waals surface area contributed by atoms with Crippen molar-refractivity contribution >= 4 is 33.7 Å². The summed E-state index contributed by atoms with van der Waals surface area (Å²) in [4.78, 5) is 11.1. The van der Waals surface area contributed by atoms with Gasteiger partial charge >= 0.3 is 5.97 Å². The summed E-state index contributed by atoms with van der Waals surface area (Å²) in [5, 5.41) is 17.4. The molecule has 0 aromatic heterocycles. The summed E-state index contributed by atoms with van der Waals surface area (Å²) in [5.74, 6) is -0.350. The molecule has 0 fully saturated rings. The highest BCUT2D eigenvalue weighted by atomic mass is 79.9. The summed E-state index contributed by atoms with van der Waals surface area (Å²) >= 11 is 4.66. The third-order valence-corrected chi connectivity index (χ3v) is 3.38. The summed E-state index contributed by atoms with van der Waals surface area (Å²) in [7, 11) is 0. The number of carboxylic acid groups (broad SMARTS) is 1. The second kappa shape index (κ2) is 5.79. The zero-order valence-electron chi connectivity index (χ0n) is 7.74. The van der Waals surface area contributed by atoms with Crippen molar-refractivity contribution in [3.05, 3.63) is 28.2 Å². The van der Waals surface area contributed by atoms with E-state index in [1.165, 1.54) is 11.8 Å². The number of aliphatic carboxylic acids is 1. The third kappa shape index (κ3) is 3.57. The largest absolute Gasteiger partial charge is 0.481 e. The fourth-order valence-electron chi connectivity index (χ4n) is 0.981. The molecule has 5 heteroatoms. The Morgan fingerprint density at radius 1 is 1.60 bits per heavy atom. The van der Waals surface area contributed by atoms with Crippen LogP contribution in [-0.4, -0.2) is 16.8 Å². The van der Waals surface area contributed by atoms with E-state index in [0.29, 0.717) is 11.3 Å². The fourth-order valence-corrected chi connectivity index (χ4v) is 2.54. The number of thioether (sulfide) groups is 1. The molecular formula is C10H8BrNO2S. The number of rotatable bonds is 4. The Morgan fingerprint density at radius 3 is 2.93 bits per heavy atom. The van der Waals surface area contributed by atoms with Gasteiger partial charge in [-0.05, 0) is 28.1 Å². The van der Waals surface area contributed by atoms with Gasteiger partial charge in [-0.3, -0.25) is 4.79 Å². The van der Waals surface area contributed by atoms with Gasteiger partial charge in [0.1, 0.15) is 6.07 Å². The Morgan fingerprint density at radius 2 is 2.33 bits per heavy atom. The zero-order valence-corrected chi connectivity index (χ0v) is 10.1. The van der Waals surface area contributed by atoms with Crippen LogP contribution >= 0.6 is 27.7 Å². The SMILES string of the molecule is N#Cc1c(Br)cccc1SCCC(=O)O. The van der Waals surface area contributed by atoms with Crippen molar-refractivity contribution in [1.82, 2.24) is 0 Å². The molecule has 0 atom stereocenters. The van der Waals surface area contributed by atoms with Crippen LogP contribution in [0.1, 0.15) is 12.0 Å². The van der Waals surface area contributed by atoms with Crippen LogP contribution in [0.25, 0.3) is 0 Å². The van der Waals surface area contributed by atoms with Gasteiger partial charge in [-0.15, -0.1) is 11.8 Å². The number of benzene rings is 1. The first kappa shape index (κ1) is 12.1. The maximum atomic E-state index is 10.3. The van der Waals surface area contributed by atoms with Crippen LogP contribution in [0.15, 0.2) is 27.6 Å². The molecular weight excluding hydrogens is 278 g/mol. The molecule has 0 spiro atoms. The lowest BCUT2D eigenvalue weighted by Crippen LogP contribution is -1.96. The van der Waals surface area contributed by atoms with E-state index in [0.717, 1.165) is 9.37 Å². The minimum absolute atomic E-state index is 0.0993. The molecule has 78 valence electrons. The molecule has 0 aliphatic heterocycles. The number of nitriles is 1. The Kier molecular flexibility index (Phi) is 4.66. The summed E-state index contributed by atoms with van der Waals surface area (Å²) in [6.45, 7) is 0. The number of carboxylic acids is 1. The second-order valence-electron chi connectivity index (χ2n) is 2.72. The van der Waals surface area contributed by atoms with Gasteiger partial charge in [-0.25, -0.2) is 0 Å². The molecule has 0 unspecified atom stereocenters. The highest BCUT2D eigenvalue weighted by Crippen LogP contribution is 2.28. The van der Waals surface area contributed by atoms with E-state index in [-0.39, 0.29) is 6.42 Å². The monoisotopic (exact) mass is 285 g/mol. The van der Waals surface area contributed by atoms with E-state index < -0.39 is 5.97 Å². The maximum Gasteiger partial charge on any atom is 0.304 e. The first-order valence-corrected chi connectivity index (χ1v) is 5.96. The molecule has 1 aromatic rings. The van der Waals surface area contributed by atoms with E-state index in [1.54, 1.807) is 6.07 Å². The topological polar surface area (TPSA) is 61.1 Å². The summed E-state index contributed by atoms with van der Waals surface area (Å²) in [5.41, 5.74) is 0.563. The molecule has 15 heavy (non-hydrogen) atoms. The first-order chi connectivity index (χ1) is 7.15. The minimum atomic E-state index is -0.823. The lowest BCUT2D eigenvalue weighted by atomic mass is 10.2. The molecule has 0 bridgehead atoms. The molecule has 0 saturated carbocycles. The average Bonchev–Trinajstić information content (AvgIpc) is 2.17. The van der Waals surface area contributed by atoms with Crippen LogP contribution in [0.2, 0.25) is 0 Å². The van der Waals surface area contributed by atoms with Crippen molar-refractivity contribution in [3.8, 4) is 6.07 Å². The quantitative estimate of drug-likeness (QED) is 0.864. The third-order valence-electron chi connectivity index (χ3n) is 1.66. The predicted molar refractivity (Wildman–Crippen MR) is 61.8 cm³/mol. The van der Waals surface area contributed by atoms with Gasteiger partial charge in [0, 0.05) is 15.1 Å². The van der Waals surface area contributed by atoms with Gasteiger partial charge < -0.3 is 5.11 Å². The second-order valence-corrected chi connectivity index (χ2v) is 4.71. The van der Waals surface area contributed by atoms with Crippen molar-refractivity contribution < 1.29 is 9.90 Å². The molecule has 0 amide bonds.